The molecule has 3 nitrogen and oxygen atoms in total. The van der Waals surface area contributed by atoms with Crippen molar-refractivity contribution in [2.75, 3.05) is 6.54 Å². The SMILES string of the molecule is C=CCN1C(=O)S/C(=C/c2ccc(Cl)cc2)C1=O. The molecule has 1 saturated heterocycles. The van der Waals surface area contributed by atoms with Crippen LogP contribution in [0.3, 0.4) is 0 Å². The molecule has 0 radical (unpaired) electrons. The number of thioether (sulfide) groups is 1. The number of halogens is 1. The minimum atomic E-state index is -0.278. The van der Waals surface area contributed by atoms with Gasteiger partial charge in [0.25, 0.3) is 11.1 Å². The maximum atomic E-state index is 11.9. The lowest BCUT2D eigenvalue weighted by Crippen LogP contribution is -2.27. The number of rotatable bonds is 3. The maximum absolute atomic E-state index is 11.9. The Morgan fingerprint density at radius 3 is 2.56 bits per heavy atom. The first kappa shape index (κ1) is 12.9. The monoisotopic (exact) mass is 279 g/mol. The molecule has 2 amide bonds. The van der Waals surface area contributed by atoms with Gasteiger partial charge in [0.2, 0.25) is 0 Å². The summed E-state index contributed by atoms with van der Waals surface area (Å²) in [5.74, 6) is -0.278. The minimum absolute atomic E-state index is 0.239. The highest BCUT2D eigenvalue weighted by atomic mass is 35.5. The van der Waals surface area contributed by atoms with Gasteiger partial charge in [0.15, 0.2) is 0 Å². The van der Waals surface area contributed by atoms with E-state index in [0.29, 0.717) is 9.93 Å². The van der Waals surface area contributed by atoms with Crippen LogP contribution >= 0.6 is 23.4 Å². The highest BCUT2D eigenvalue weighted by Crippen LogP contribution is 2.32. The van der Waals surface area contributed by atoms with Crippen molar-refractivity contribution in [3.8, 4) is 0 Å². The van der Waals surface area contributed by atoms with E-state index in [4.69, 9.17) is 11.6 Å². The van der Waals surface area contributed by atoms with E-state index in [1.54, 1.807) is 30.3 Å². The van der Waals surface area contributed by atoms with Crippen LogP contribution in [0.5, 0.6) is 0 Å². The first-order valence-electron chi connectivity index (χ1n) is 5.23. The fourth-order valence-electron chi connectivity index (χ4n) is 1.50. The highest BCUT2D eigenvalue weighted by molar-refractivity contribution is 8.18. The highest BCUT2D eigenvalue weighted by Gasteiger charge is 2.33. The molecule has 0 aromatic heterocycles. The number of hydrogen-bond donors (Lipinski definition) is 0. The van der Waals surface area contributed by atoms with E-state index in [-0.39, 0.29) is 17.7 Å². The molecule has 0 bridgehead atoms. The summed E-state index contributed by atoms with van der Waals surface area (Å²) in [5.41, 5.74) is 0.837. The Labute approximate surface area is 114 Å². The summed E-state index contributed by atoms with van der Waals surface area (Å²) in [5, 5.41) is 0.368. The molecule has 0 aliphatic carbocycles. The summed E-state index contributed by atoms with van der Waals surface area (Å²) in [6.45, 7) is 3.76. The van der Waals surface area contributed by atoms with Gasteiger partial charge in [-0.1, -0.05) is 29.8 Å². The molecule has 1 fully saturated rings. The van der Waals surface area contributed by atoms with Crippen molar-refractivity contribution in [2.45, 2.75) is 0 Å². The van der Waals surface area contributed by atoms with Gasteiger partial charge < -0.3 is 0 Å². The smallest absolute Gasteiger partial charge is 0.268 e. The third-order valence-electron chi connectivity index (χ3n) is 2.35. The maximum Gasteiger partial charge on any atom is 0.293 e. The Hall–Kier alpha value is -1.52. The number of hydrogen-bond acceptors (Lipinski definition) is 3. The number of carbonyl (C=O) groups is 2. The number of benzene rings is 1. The number of amides is 2. The molecule has 92 valence electrons. The molecule has 1 aromatic carbocycles. The zero-order valence-corrected chi connectivity index (χ0v) is 11.0. The number of nitrogens with zero attached hydrogens (tertiary/aromatic N) is 1. The largest absolute Gasteiger partial charge is 0.293 e. The summed E-state index contributed by atoms with van der Waals surface area (Å²) in [7, 11) is 0. The molecule has 0 unspecified atom stereocenters. The summed E-state index contributed by atoms with van der Waals surface area (Å²) < 4.78 is 0. The lowest BCUT2D eigenvalue weighted by molar-refractivity contribution is -0.122. The second-order valence-corrected chi connectivity index (χ2v) is 5.06. The molecule has 2 rings (SSSR count). The molecule has 1 aliphatic heterocycles. The quantitative estimate of drug-likeness (QED) is 0.627. The van der Waals surface area contributed by atoms with E-state index in [1.807, 2.05) is 0 Å². The van der Waals surface area contributed by atoms with Gasteiger partial charge in [-0.05, 0) is 35.5 Å². The molecule has 0 saturated carbocycles. The van der Waals surface area contributed by atoms with E-state index in [1.165, 1.54) is 11.0 Å². The molecule has 5 heteroatoms. The Balaban J connectivity index is 2.24. The zero-order chi connectivity index (χ0) is 13.1. The fourth-order valence-corrected chi connectivity index (χ4v) is 2.47. The Kier molecular flexibility index (Phi) is 3.89. The first-order chi connectivity index (χ1) is 8.61. The van der Waals surface area contributed by atoms with Crippen molar-refractivity contribution in [1.82, 2.24) is 4.90 Å². The van der Waals surface area contributed by atoms with Crippen LogP contribution in [0.1, 0.15) is 5.56 Å². The van der Waals surface area contributed by atoms with Gasteiger partial charge in [-0.3, -0.25) is 14.5 Å². The van der Waals surface area contributed by atoms with Crippen LogP contribution < -0.4 is 0 Å². The van der Waals surface area contributed by atoms with Crippen LogP contribution in [0.2, 0.25) is 5.02 Å². The van der Waals surface area contributed by atoms with Gasteiger partial charge in [0.1, 0.15) is 0 Å². The van der Waals surface area contributed by atoms with E-state index < -0.39 is 0 Å². The third-order valence-corrected chi connectivity index (χ3v) is 3.51. The molecule has 1 aliphatic rings. The normalized spacial score (nSPS) is 17.6. The lowest BCUT2D eigenvalue weighted by atomic mass is 10.2. The predicted octanol–water partition coefficient (Wildman–Crippen LogP) is 3.56. The molecule has 0 N–H and O–H groups in total. The minimum Gasteiger partial charge on any atom is -0.268 e. The van der Waals surface area contributed by atoms with Crippen molar-refractivity contribution in [3.05, 3.63) is 52.4 Å². The van der Waals surface area contributed by atoms with Gasteiger partial charge in [0, 0.05) is 11.6 Å². The van der Waals surface area contributed by atoms with Gasteiger partial charge in [-0.25, -0.2) is 0 Å². The van der Waals surface area contributed by atoms with Crippen molar-refractivity contribution in [2.24, 2.45) is 0 Å². The van der Waals surface area contributed by atoms with Crippen LogP contribution in [-0.2, 0) is 4.79 Å². The van der Waals surface area contributed by atoms with Crippen molar-refractivity contribution in [1.29, 1.82) is 0 Å². The standard InChI is InChI=1S/C13H10ClNO2S/c1-2-7-15-12(16)11(18-13(15)17)8-9-3-5-10(14)6-4-9/h2-6,8H,1,7H2/b11-8+. The zero-order valence-electron chi connectivity index (χ0n) is 9.43. The second kappa shape index (κ2) is 5.42. The average molecular weight is 280 g/mol. The van der Waals surface area contributed by atoms with E-state index in [9.17, 15) is 9.59 Å². The molecule has 0 spiro atoms. The van der Waals surface area contributed by atoms with E-state index in [0.717, 1.165) is 17.3 Å². The second-order valence-electron chi connectivity index (χ2n) is 3.63. The topological polar surface area (TPSA) is 37.4 Å². The van der Waals surface area contributed by atoms with Gasteiger partial charge >= 0.3 is 0 Å². The molecular weight excluding hydrogens is 270 g/mol. The van der Waals surface area contributed by atoms with Crippen LogP contribution in [-0.4, -0.2) is 22.6 Å². The lowest BCUT2D eigenvalue weighted by Gasteiger charge is -2.07. The van der Waals surface area contributed by atoms with Crippen LogP contribution in [0.25, 0.3) is 6.08 Å². The molecular formula is C13H10ClNO2S. The summed E-state index contributed by atoms with van der Waals surface area (Å²) in [4.78, 5) is 25.1. The van der Waals surface area contributed by atoms with E-state index in [2.05, 4.69) is 6.58 Å². The Morgan fingerprint density at radius 1 is 1.28 bits per heavy atom. The molecule has 1 aromatic rings. The summed E-state index contributed by atoms with van der Waals surface area (Å²) in [6.07, 6.45) is 3.21. The Bertz CT molecular complexity index is 536. The number of imide groups is 1. The van der Waals surface area contributed by atoms with Crippen LogP contribution in [0, 0.1) is 0 Å². The van der Waals surface area contributed by atoms with Gasteiger partial charge in [0.05, 0.1) is 4.91 Å². The summed E-state index contributed by atoms with van der Waals surface area (Å²) in [6, 6.07) is 7.07. The Morgan fingerprint density at radius 2 is 1.94 bits per heavy atom. The predicted molar refractivity (Wildman–Crippen MR) is 74.3 cm³/mol. The van der Waals surface area contributed by atoms with E-state index >= 15 is 0 Å². The molecule has 18 heavy (non-hydrogen) atoms. The van der Waals surface area contributed by atoms with Crippen molar-refractivity contribution < 1.29 is 9.59 Å². The van der Waals surface area contributed by atoms with Crippen LogP contribution in [0.15, 0.2) is 41.8 Å². The third kappa shape index (κ3) is 2.66. The number of carbonyl (C=O) groups excluding carboxylic acids is 2. The molecule has 0 atom stereocenters. The fraction of sp³-hybridized carbons (Fsp3) is 0.0769. The van der Waals surface area contributed by atoms with Crippen LogP contribution in [0.4, 0.5) is 4.79 Å². The molecule has 1 heterocycles. The van der Waals surface area contributed by atoms with Crippen molar-refractivity contribution >= 4 is 40.6 Å². The first-order valence-corrected chi connectivity index (χ1v) is 6.43. The van der Waals surface area contributed by atoms with Gasteiger partial charge in [-0.15, -0.1) is 6.58 Å². The average Bonchev–Trinajstić information content (AvgIpc) is 2.60. The van der Waals surface area contributed by atoms with Gasteiger partial charge in [-0.2, -0.15) is 0 Å². The van der Waals surface area contributed by atoms with Crippen molar-refractivity contribution in [3.63, 3.8) is 0 Å². The summed E-state index contributed by atoms with van der Waals surface area (Å²) >= 11 is 6.72.